The number of esters is 1. The Morgan fingerprint density at radius 3 is 2.32 bits per heavy atom. The SMILES string of the molecule is Cc1ccc(C(=O)OCC(=O)NC(=O)NC(C)(C)C)c(C)c1. The number of hydrogen-bond acceptors (Lipinski definition) is 4. The molecular formula is C16H22N2O4. The number of ether oxygens (including phenoxy) is 1. The van der Waals surface area contributed by atoms with Crippen molar-refractivity contribution in [1.29, 1.82) is 0 Å². The summed E-state index contributed by atoms with van der Waals surface area (Å²) < 4.78 is 4.91. The highest BCUT2D eigenvalue weighted by Crippen LogP contribution is 2.11. The molecule has 2 N–H and O–H groups in total. The number of nitrogens with one attached hydrogen (secondary N) is 2. The molecule has 6 heteroatoms. The van der Waals surface area contributed by atoms with Crippen molar-refractivity contribution in [3.05, 3.63) is 34.9 Å². The minimum atomic E-state index is -0.681. The van der Waals surface area contributed by atoms with Crippen molar-refractivity contribution in [2.24, 2.45) is 0 Å². The van der Waals surface area contributed by atoms with Crippen molar-refractivity contribution >= 4 is 17.9 Å². The summed E-state index contributed by atoms with van der Waals surface area (Å²) in [7, 11) is 0. The van der Waals surface area contributed by atoms with Gasteiger partial charge in [0.2, 0.25) is 0 Å². The third-order valence-electron chi connectivity index (χ3n) is 2.68. The molecule has 0 aliphatic heterocycles. The molecule has 1 aromatic carbocycles. The summed E-state index contributed by atoms with van der Waals surface area (Å²) in [5.74, 6) is -1.27. The van der Waals surface area contributed by atoms with Crippen LogP contribution >= 0.6 is 0 Å². The lowest BCUT2D eigenvalue weighted by Crippen LogP contribution is -2.49. The van der Waals surface area contributed by atoms with Gasteiger partial charge in [-0.2, -0.15) is 0 Å². The first-order chi connectivity index (χ1) is 10.1. The van der Waals surface area contributed by atoms with Crippen molar-refractivity contribution in [3.63, 3.8) is 0 Å². The van der Waals surface area contributed by atoms with Gasteiger partial charge >= 0.3 is 12.0 Å². The van der Waals surface area contributed by atoms with Gasteiger partial charge in [-0.05, 0) is 46.2 Å². The molecule has 0 bridgehead atoms. The van der Waals surface area contributed by atoms with Crippen LogP contribution in [0, 0.1) is 13.8 Å². The number of urea groups is 1. The Morgan fingerprint density at radius 2 is 1.77 bits per heavy atom. The van der Waals surface area contributed by atoms with E-state index in [1.165, 1.54) is 0 Å². The Morgan fingerprint density at radius 1 is 1.14 bits per heavy atom. The topological polar surface area (TPSA) is 84.5 Å². The van der Waals surface area contributed by atoms with Gasteiger partial charge in [-0.25, -0.2) is 9.59 Å². The maximum Gasteiger partial charge on any atom is 0.338 e. The molecule has 1 aromatic rings. The molecule has 0 fully saturated rings. The maximum absolute atomic E-state index is 11.9. The highest BCUT2D eigenvalue weighted by atomic mass is 16.5. The second-order valence-electron chi connectivity index (χ2n) is 6.15. The first-order valence-electron chi connectivity index (χ1n) is 6.95. The normalized spacial score (nSPS) is 10.8. The Labute approximate surface area is 130 Å². The van der Waals surface area contributed by atoms with E-state index in [1.54, 1.807) is 39.8 Å². The molecule has 0 saturated heterocycles. The fourth-order valence-corrected chi connectivity index (χ4v) is 1.79. The first kappa shape index (κ1) is 17.7. The summed E-state index contributed by atoms with van der Waals surface area (Å²) in [6.07, 6.45) is 0. The van der Waals surface area contributed by atoms with E-state index in [0.717, 1.165) is 11.1 Å². The van der Waals surface area contributed by atoms with Crippen molar-refractivity contribution in [2.45, 2.75) is 40.2 Å². The molecule has 6 nitrogen and oxygen atoms in total. The molecule has 120 valence electrons. The molecule has 0 saturated carbocycles. The predicted octanol–water partition coefficient (Wildman–Crippen LogP) is 2.08. The minimum Gasteiger partial charge on any atom is -0.452 e. The van der Waals surface area contributed by atoms with Crippen molar-refractivity contribution in [2.75, 3.05) is 6.61 Å². The van der Waals surface area contributed by atoms with Crippen LogP contribution in [0.3, 0.4) is 0 Å². The van der Waals surface area contributed by atoms with Gasteiger partial charge < -0.3 is 10.1 Å². The average Bonchev–Trinajstić information content (AvgIpc) is 2.33. The molecule has 0 spiro atoms. The van der Waals surface area contributed by atoms with Gasteiger partial charge in [0.1, 0.15) is 0 Å². The van der Waals surface area contributed by atoms with E-state index in [0.29, 0.717) is 5.56 Å². The van der Waals surface area contributed by atoms with Gasteiger partial charge in [-0.1, -0.05) is 17.7 Å². The third kappa shape index (κ3) is 5.95. The quantitative estimate of drug-likeness (QED) is 0.837. The van der Waals surface area contributed by atoms with Crippen LogP contribution in [0.4, 0.5) is 4.79 Å². The van der Waals surface area contributed by atoms with Gasteiger partial charge in [-0.15, -0.1) is 0 Å². The zero-order chi connectivity index (χ0) is 16.9. The van der Waals surface area contributed by atoms with Crippen LogP contribution in [0.5, 0.6) is 0 Å². The molecule has 0 radical (unpaired) electrons. The monoisotopic (exact) mass is 306 g/mol. The van der Waals surface area contributed by atoms with Gasteiger partial charge in [0.25, 0.3) is 5.91 Å². The standard InChI is InChI=1S/C16H22N2O4/c1-10-6-7-12(11(2)8-10)14(20)22-9-13(19)17-15(21)18-16(3,4)5/h6-8H,9H2,1-5H3,(H2,17,18,19,21). The second-order valence-corrected chi connectivity index (χ2v) is 6.15. The fourth-order valence-electron chi connectivity index (χ4n) is 1.79. The van der Waals surface area contributed by atoms with Crippen LogP contribution < -0.4 is 10.6 Å². The average molecular weight is 306 g/mol. The lowest BCUT2D eigenvalue weighted by Gasteiger charge is -2.20. The molecule has 3 amide bonds. The summed E-state index contributed by atoms with van der Waals surface area (Å²) in [6, 6.07) is 4.67. The highest BCUT2D eigenvalue weighted by molar-refractivity contribution is 5.97. The zero-order valence-electron chi connectivity index (χ0n) is 13.6. The second kappa shape index (κ2) is 7.06. The van der Waals surface area contributed by atoms with Crippen molar-refractivity contribution < 1.29 is 19.1 Å². The van der Waals surface area contributed by atoms with Crippen LogP contribution in [0.2, 0.25) is 0 Å². The summed E-state index contributed by atoms with van der Waals surface area (Å²) in [5, 5.41) is 4.67. The van der Waals surface area contributed by atoms with E-state index in [4.69, 9.17) is 4.74 Å². The lowest BCUT2D eigenvalue weighted by atomic mass is 10.1. The number of carbonyl (C=O) groups excluding carboxylic acids is 3. The number of benzene rings is 1. The van der Waals surface area contributed by atoms with Crippen molar-refractivity contribution in [3.8, 4) is 0 Å². The number of carbonyl (C=O) groups is 3. The molecule has 0 heterocycles. The van der Waals surface area contributed by atoms with Gasteiger partial charge in [-0.3, -0.25) is 10.1 Å². The van der Waals surface area contributed by atoms with Crippen LogP contribution in [-0.4, -0.2) is 30.1 Å². The molecule has 0 aliphatic rings. The van der Waals surface area contributed by atoms with E-state index in [2.05, 4.69) is 10.6 Å². The maximum atomic E-state index is 11.9. The lowest BCUT2D eigenvalue weighted by molar-refractivity contribution is -0.123. The molecule has 22 heavy (non-hydrogen) atoms. The van der Waals surface area contributed by atoms with Crippen LogP contribution in [-0.2, 0) is 9.53 Å². The van der Waals surface area contributed by atoms with Crippen LogP contribution in [0.1, 0.15) is 42.3 Å². The molecule has 0 unspecified atom stereocenters. The third-order valence-corrected chi connectivity index (χ3v) is 2.68. The molecule has 0 aliphatic carbocycles. The Kier molecular flexibility index (Phi) is 5.68. The Balaban J connectivity index is 2.50. The van der Waals surface area contributed by atoms with Crippen LogP contribution in [0.25, 0.3) is 0 Å². The molecule has 0 atom stereocenters. The van der Waals surface area contributed by atoms with E-state index < -0.39 is 30.1 Å². The first-order valence-corrected chi connectivity index (χ1v) is 6.95. The Bertz CT molecular complexity index is 588. The van der Waals surface area contributed by atoms with E-state index in [1.807, 2.05) is 13.0 Å². The van der Waals surface area contributed by atoms with Crippen molar-refractivity contribution in [1.82, 2.24) is 10.6 Å². The van der Waals surface area contributed by atoms with Gasteiger partial charge in [0, 0.05) is 5.54 Å². The van der Waals surface area contributed by atoms with E-state index in [9.17, 15) is 14.4 Å². The Hall–Kier alpha value is -2.37. The molecular weight excluding hydrogens is 284 g/mol. The summed E-state index contributed by atoms with van der Waals surface area (Å²) in [5.41, 5.74) is 1.75. The van der Waals surface area contributed by atoms with Gasteiger partial charge in [0.05, 0.1) is 5.56 Å². The largest absolute Gasteiger partial charge is 0.452 e. The summed E-state index contributed by atoms with van der Waals surface area (Å²) >= 11 is 0. The number of hydrogen-bond donors (Lipinski definition) is 2. The summed E-state index contributed by atoms with van der Waals surface area (Å²) in [4.78, 5) is 34.9. The fraction of sp³-hybridized carbons (Fsp3) is 0.438. The van der Waals surface area contributed by atoms with Crippen LogP contribution in [0.15, 0.2) is 18.2 Å². The van der Waals surface area contributed by atoms with Gasteiger partial charge in [0.15, 0.2) is 6.61 Å². The number of imide groups is 1. The van der Waals surface area contributed by atoms with E-state index >= 15 is 0 Å². The smallest absolute Gasteiger partial charge is 0.338 e. The summed E-state index contributed by atoms with van der Waals surface area (Å²) in [6.45, 7) is 8.57. The number of rotatable bonds is 3. The number of amides is 3. The zero-order valence-corrected chi connectivity index (χ0v) is 13.6. The highest BCUT2D eigenvalue weighted by Gasteiger charge is 2.17. The minimum absolute atomic E-state index is 0.401. The van der Waals surface area contributed by atoms with E-state index in [-0.39, 0.29) is 0 Å². The molecule has 1 rings (SSSR count). The number of aryl methyl sites for hydroxylation is 2. The molecule has 0 aromatic heterocycles. The predicted molar refractivity (Wildman–Crippen MR) is 82.6 cm³/mol.